The zero-order valence-electron chi connectivity index (χ0n) is 9.94. The fraction of sp³-hybridized carbons (Fsp3) is 0.462. The van der Waals surface area contributed by atoms with Gasteiger partial charge in [-0.05, 0) is 25.0 Å². The average molecular weight is 234 g/mol. The Morgan fingerprint density at radius 2 is 2.19 bits per heavy atom. The second kappa shape index (κ2) is 5.39. The topological polar surface area (TPSA) is 15.6 Å². The number of anilines is 1. The third-order valence-corrected chi connectivity index (χ3v) is 3.65. The van der Waals surface area contributed by atoms with Crippen LogP contribution >= 0.6 is 11.8 Å². The van der Waals surface area contributed by atoms with Crippen LogP contribution in [0.3, 0.4) is 0 Å². The van der Waals surface area contributed by atoms with E-state index in [1.54, 1.807) is 0 Å². The molecule has 1 aromatic carbocycles. The molecule has 16 heavy (non-hydrogen) atoms. The Hall–Kier alpha value is -0.960. The van der Waals surface area contributed by atoms with Crippen molar-refractivity contribution in [3.63, 3.8) is 0 Å². The lowest BCUT2D eigenvalue weighted by Gasteiger charge is -2.20. The highest BCUT2D eigenvalue weighted by Gasteiger charge is 2.21. The number of nitrogens with zero attached hydrogens (tertiary/aromatic N) is 2. The molecule has 1 fully saturated rings. The lowest BCUT2D eigenvalue weighted by atomic mass is 10.2. The number of thioether (sulfide) groups is 1. The third-order valence-electron chi connectivity index (χ3n) is 2.65. The van der Waals surface area contributed by atoms with Crippen LogP contribution in [0.5, 0.6) is 0 Å². The molecular weight excluding hydrogens is 216 g/mol. The predicted octanol–water partition coefficient (Wildman–Crippen LogP) is 3.31. The van der Waals surface area contributed by atoms with Crippen LogP contribution < -0.4 is 4.90 Å². The number of hydrogen-bond acceptors (Lipinski definition) is 2. The number of para-hydroxylation sites is 1. The van der Waals surface area contributed by atoms with Crippen molar-refractivity contribution >= 4 is 22.6 Å². The molecule has 1 aromatic rings. The van der Waals surface area contributed by atoms with Gasteiger partial charge >= 0.3 is 0 Å². The van der Waals surface area contributed by atoms with Crippen LogP contribution in [0, 0.1) is 6.92 Å². The van der Waals surface area contributed by atoms with Gasteiger partial charge in [0, 0.05) is 24.5 Å². The molecule has 0 saturated carbocycles. The van der Waals surface area contributed by atoms with Crippen LogP contribution in [0.4, 0.5) is 5.69 Å². The average Bonchev–Trinajstić information content (AvgIpc) is 2.75. The van der Waals surface area contributed by atoms with Crippen LogP contribution in [-0.4, -0.2) is 24.0 Å². The summed E-state index contributed by atoms with van der Waals surface area (Å²) in [7, 11) is 0. The molecule has 1 saturated heterocycles. The van der Waals surface area contributed by atoms with Gasteiger partial charge in [0.1, 0.15) is 0 Å². The van der Waals surface area contributed by atoms with E-state index in [9.17, 15) is 0 Å². The van der Waals surface area contributed by atoms with E-state index in [1.165, 1.54) is 16.4 Å². The molecule has 0 atom stereocenters. The molecule has 1 aliphatic heterocycles. The van der Waals surface area contributed by atoms with Crippen LogP contribution in [-0.2, 0) is 0 Å². The van der Waals surface area contributed by atoms with Crippen molar-refractivity contribution < 1.29 is 0 Å². The molecule has 1 aliphatic rings. The summed E-state index contributed by atoms with van der Waals surface area (Å²) in [6, 6.07) is 8.53. The van der Waals surface area contributed by atoms with Crippen LogP contribution in [0.2, 0.25) is 0 Å². The lowest BCUT2D eigenvalue weighted by molar-refractivity contribution is 0.928. The minimum Gasteiger partial charge on any atom is -0.320 e. The Balaban J connectivity index is 2.23. The van der Waals surface area contributed by atoms with E-state index in [0.717, 1.165) is 25.3 Å². The predicted molar refractivity (Wildman–Crippen MR) is 73.6 cm³/mol. The largest absolute Gasteiger partial charge is 0.320 e. The first-order valence-corrected chi connectivity index (χ1v) is 6.82. The van der Waals surface area contributed by atoms with Crippen molar-refractivity contribution in [2.24, 2.45) is 4.99 Å². The van der Waals surface area contributed by atoms with Crippen LogP contribution in [0.1, 0.15) is 18.9 Å². The van der Waals surface area contributed by atoms with Crippen molar-refractivity contribution in [3.05, 3.63) is 29.8 Å². The Kier molecular flexibility index (Phi) is 3.88. The highest BCUT2D eigenvalue weighted by Crippen LogP contribution is 2.27. The summed E-state index contributed by atoms with van der Waals surface area (Å²) in [6.07, 6.45) is 1.12. The maximum absolute atomic E-state index is 4.65. The summed E-state index contributed by atoms with van der Waals surface area (Å²) in [4.78, 5) is 6.99. The summed E-state index contributed by atoms with van der Waals surface area (Å²) in [5.41, 5.74) is 2.64. The van der Waals surface area contributed by atoms with Crippen molar-refractivity contribution in [2.45, 2.75) is 20.3 Å². The minimum atomic E-state index is 0.935. The Morgan fingerprint density at radius 3 is 2.94 bits per heavy atom. The van der Waals surface area contributed by atoms with E-state index in [0.29, 0.717) is 0 Å². The summed E-state index contributed by atoms with van der Waals surface area (Å²) in [6.45, 7) is 6.35. The van der Waals surface area contributed by atoms with Crippen LogP contribution in [0.25, 0.3) is 0 Å². The van der Waals surface area contributed by atoms with Gasteiger partial charge < -0.3 is 4.90 Å². The molecule has 0 bridgehead atoms. The highest BCUT2D eigenvalue weighted by molar-refractivity contribution is 8.14. The molecule has 2 nitrogen and oxygen atoms in total. The molecule has 0 N–H and O–H groups in total. The Labute approximate surface area is 102 Å². The molecule has 0 aromatic heterocycles. The Bertz CT molecular complexity index is 387. The van der Waals surface area contributed by atoms with Gasteiger partial charge in [-0.3, -0.25) is 4.99 Å². The van der Waals surface area contributed by atoms with E-state index in [-0.39, 0.29) is 0 Å². The molecule has 86 valence electrons. The van der Waals surface area contributed by atoms with Gasteiger partial charge in [0.25, 0.3) is 0 Å². The van der Waals surface area contributed by atoms with Gasteiger partial charge in [-0.1, -0.05) is 36.9 Å². The number of aliphatic imine (C=N–C) groups is 1. The van der Waals surface area contributed by atoms with E-state index >= 15 is 0 Å². The number of benzene rings is 1. The number of rotatable bonds is 3. The van der Waals surface area contributed by atoms with Crippen LogP contribution in [0.15, 0.2) is 29.3 Å². The van der Waals surface area contributed by atoms with E-state index < -0.39 is 0 Å². The fourth-order valence-electron chi connectivity index (χ4n) is 1.83. The smallest absolute Gasteiger partial charge is 0.163 e. The maximum atomic E-state index is 4.65. The van der Waals surface area contributed by atoms with Gasteiger partial charge in [-0.25, -0.2) is 0 Å². The maximum Gasteiger partial charge on any atom is 0.163 e. The molecule has 3 heteroatoms. The summed E-state index contributed by atoms with van der Waals surface area (Å²) >= 11 is 1.87. The first kappa shape index (κ1) is 11.5. The highest BCUT2D eigenvalue weighted by atomic mass is 32.2. The normalized spacial score (nSPS) is 18.4. The molecule has 0 aliphatic carbocycles. The van der Waals surface area contributed by atoms with Gasteiger partial charge in [-0.15, -0.1) is 0 Å². The van der Waals surface area contributed by atoms with Crippen molar-refractivity contribution in [1.82, 2.24) is 0 Å². The first-order valence-electron chi connectivity index (χ1n) is 5.83. The molecule has 2 rings (SSSR count). The van der Waals surface area contributed by atoms with Crippen molar-refractivity contribution in [1.29, 1.82) is 0 Å². The van der Waals surface area contributed by atoms with Gasteiger partial charge in [0.05, 0.1) is 0 Å². The first-order chi connectivity index (χ1) is 7.83. The van der Waals surface area contributed by atoms with Crippen molar-refractivity contribution in [2.75, 3.05) is 23.7 Å². The fourth-order valence-corrected chi connectivity index (χ4v) is 2.81. The van der Waals surface area contributed by atoms with Gasteiger partial charge in [0.15, 0.2) is 5.17 Å². The lowest BCUT2D eigenvalue weighted by Crippen LogP contribution is -2.24. The molecule has 1 heterocycles. The number of amidine groups is 1. The molecule has 0 radical (unpaired) electrons. The number of hydrogen-bond donors (Lipinski definition) is 0. The quantitative estimate of drug-likeness (QED) is 0.797. The molecule has 0 spiro atoms. The third kappa shape index (κ3) is 2.40. The zero-order chi connectivity index (χ0) is 11.4. The van der Waals surface area contributed by atoms with E-state index in [2.05, 4.69) is 48.0 Å². The number of aryl methyl sites for hydroxylation is 1. The van der Waals surface area contributed by atoms with Crippen molar-refractivity contribution in [3.8, 4) is 0 Å². The monoisotopic (exact) mass is 234 g/mol. The standard InChI is InChI=1S/C13H18N2S/c1-3-8-14-13-15(9-10-16-13)12-7-5-4-6-11(12)2/h4-7H,3,8-10H2,1-2H3. The second-order valence-corrected chi connectivity index (χ2v) is 5.01. The summed E-state index contributed by atoms with van der Waals surface area (Å²) in [5.74, 6) is 1.15. The van der Waals surface area contributed by atoms with Gasteiger partial charge in [-0.2, -0.15) is 0 Å². The SMILES string of the molecule is CCCN=C1SCCN1c1ccccc1C. The molecule has 0 amide bonds. The summed E-state index contributed by atoms with van der Waals surface area (Å²) < 4.78 is 0. The zero-order valence-corrected chi connectivity index (χ0v) is 10.8. The van der Waals surface area contributed by atoms with E-state index in [4.69, 9.17) is 0 Å². The minimum absolute atomic E-state index is 0.935. The van der Waals surface area contributed by atoms with Gasteiger partial charge in [0.2, 0.25) is 0 Å². The van der Waals surface area contributed by atoms with E-state index in [1.807, 2.05) is 11.8 Å². The molecule has 0 unspecified atom stereocenters. The Morgan fingerprint density at radius 1 is 1.38 bits per heavy atom. The second-order valence-electron chi connectivity index (χ2n) is 3.95. The summed E-state index contributed by atoms with van der Waals surface area (Å²) in [5, 5.41) is 1.19. The molecular formula is C13H18N2S.